The van der Waals surface area contributed by atoms with Gasteiger partial charge in [-0.25, -0.2) is 0 Å². The van der Waals surface area contributed by atoms with E-state index in [4.69, 9.17) is 42.3 Å². The Morgan fingerprint density at radius 2 is 1.27 bits per heavy atom. The summed E-state index contributed by atoms with van der Waals surface area (Å²) in [7, 11) is 0. The molecule has 0 saturated carbocycles. The molecule has 3 aromatic rings. The predicted octanol–water partition coefficient (Wildman–Crippen LogP) is 2.77. The Labute approximate surface area is 278 Å². The molecule has 0 radical (unpaired) electrons. The highest BCUT2D eigenvalue weighted by Gasteiger charge is 2.53. The van der Waals surface area contributed by atoms with E-state index in [2.05, 4.69) is 0 Å². The summed E-state index contributed by atoms with van der Waals surface area (Å²) in [5.41, 5.74) is -0.158. The van der Waals surface area contributed by atoms with Gasteiger partial charge in [0.1, 0.15) is 47.2 Å². The molecule has 5 unspecified atom stereocenters. The SMILES string of the molecule is CC(=O)OCC1OC(Oc2ccc(-c3coc4cc(OC(C)=O)cc(OC(C)=O)c4c3=O)cc2)C(OC(C)=O)C(OC(C)=O)C1OC(C)=O. The second kappa shape index (κ2) is 15.4. The first kappa shape index (κ1) is 36.1. The molecule has 1 aliphatic rings. The zero-order valence-corrected chi connectivity index (χ0v) is 27.2. The maximum absolute atomic E-state index is 13.6. The van der Waals surface area contributed by atoms with Crippen molar-refractivity contribution >= 4 is 46.8 Å². The van der Waals surface area contributed by atoms with Crippen LogP contribution in [0, 0.1) is 0 Å². The van der Waals surface area contributed by atoms with Gasteiger partial charge in [0.2, 0.25) is 17.8 Å². The summed E-state index contributed by atoms with van der Waals surface area (Å²) in [5, 5.41) is -0.0820. The van der Waals surface area contributed by atoms with Crippen LogP contribution in [0.3, 0.4) is 0 Å². The van der Waals surface area contributed by atoms with Gasteiger partial charge in [0.25, 0.3) is 0 Å². The highest BCUT2D eigenvalue weighted by Crippen LogP contribution is 2.34. The van der Waals surface area contributed by atoms with Crippen molar-refractivity contribution in [2.45, 2.75) is 72.2 Å². The van der Waals surface area contributed by atoms with Gasteiger partial charge in [-0.15, -0.1) is 0 Å². The Balaban J connectivity index is 1.69. The molecular weight excluding hydrogens is 652 g/mol. The maximum atomic E-state index is 13.6. The molecule has 4 rings (SSSR count). The first-order valence-corrected chi connectivity index (χ1v) is 14.7. The highest BCUT2D eigenvalue weighted by molar-refractivity contribution is 5.91. The first-order chi connectivity index (χ1) is 23.1. The maximum Gasteiger partial charge on any atom is 0.308 e. The number of carbonyl (C=O) groups is 6. The van der Waals surface area contributed by atoms with Crippen molar-refractivity contribution < 1.29 is 71.1 Å². The van der Waals surface area contributed by atoms with E-state index in [1.807, 2.05) is 0 Å². The Morgan fingerprint density at radius 1 is 0.673 bits per heavy atom. The monoisotopic (exact) mass is 684 g/mol. The number of fused-ring (bicyclic) bond motifs is 1. The van der Waals surface area contributed by atoms with Crippen LogP contribution in [-0.2, 0) is 52.5 Å². The summed E-state index contributed by atoms with van der Waals surface area (Å²) in [6.45, 7) is 6.33. The van der Waals surface area contributed by atoms with Gasteiger partial charge in [0, 0.05) is 53.7 Å². The van der Waals surface area contributed by atoms with Crippen LogP contribution < -0.4 is 19.6 Å². The molecule has 2 aromatic carbocycles. The van der Waals surface area contributed by atoms with Crippen LogP contribution >= 0.6 is 0 Å². The minimum atomic E-state index is -1.48. The summed E-state index contributed by atoms with van der Waals surface area (Å²) in [5.74, 6) is -4.48. The van der Waals surface area contributed by atoms with Gasteiger partial charge in [-0.3, -0.25) is 33.6 Å². The van der Waals surface area contributed by atoms with Crippen LogP contribution in [0.1, 0.15) is 41.5 Å². The molecule has 16 heteroatoms. The molecule has 49 heavy (non-hydrogen) atoms. The minimum absolute atomic E-state index is 0.00384. The summed E-state index contributed by atoms with van der Waals surface area (Å²) in [6.07, 6.45) is -5.77. The van der Waals surface area contributed by atoms with Crippen molar-refractivity contribution in [1.82, 2.24) is 0 Å². The Kier molecular flexibility index (Phi) is 11.4. The molecule has 0 spiro atoms. The summed E-state index contributed by atoms with van der Waals surface area (Å²) >= 11 is 0. The summed E-state index contributed by atoms with van der Waals surface area (Å²) in [4.78, 5) is 84.6. The van der Waals surface area contributed by atoms with Crippen molar-refractivity contribution in [3.8, 4) is 28.4 Å². The lowest BCUT2D eigenvalue weighted by molar-refractivity contribution is -0.288. The van der Waals surface area contributed by atoms with Crippen LogP contribution in [-0.4, -0.2) is 73.1 Å². The number of carbonyl (C=O) groups excluding carboxylic acids is 6. The lowest BCUT2D eigenvalue weighted by Crippen LogP contribution is -2.63. The number of hydrogen-bond donors (Lipinski definition) is 0. The molecule has 260 valence electrons. The number of hydrogen-bond acceptors (Lipinski definition) is 16. The third kappa shape index (κ3) is 9.19. The van der Waals surface area contributed by atoms with Gasteiger partial charge in [-0.2, -0.15) is 0 Å². The average molecular weight is 685 g/mol. The van der Waals surface area contributed by atoms with Gasteiger partial charge >= 0.3 is 35.8 Å². The fourth-order valence-corrected chi connectivity index (χ4v) is 4.98. The van der Waals surface area contributed by atoms with Crippen LogP contribution in [0.25, 0.3) is 22.1 Å². The van der Waals surface area contributed by atoms with E-state index >= 15 is 0 Å². The Morgan fingerprint density at radius 3 is 1.84 bits per heavy atom. The van der Waals surface area contributed by atoms with E-state index in [9.17, 15) is 33.6 Å². The van der Waals surface area contributed by atoms with Crippen molar-refractivity contribution in [1.29, 1.82) is 0 Å². The fraction of sp³-hybridized carbons (Fsp3) is 0.364. The van der Waals surface area contributed by atoms with E-state index in [0.29, 0.717) is 5.56 Å². The first-order valence-electron chi connectivity index (χ1n) is 14.7. The highest BCUT2D eigenvalue weighted by atomic mass is 16.7. The standard InChI is InChI=1S/C33H32O16/c1-15(34)41-14-27-30(45-18(4)37)31(46-19(5)38)32(47-20(6)39)33(49-27)48-22-9-7-21(8-10-22)24-13-42-25-11-23(43-16(2)35)12-26(44-17(3)36)28(25)29(24)40/h7-13,27,30-33H,14H2,1-6H3. The lowest BCUT2D eigenvalue weighted by Gasteiger charge is -2.43. The summed E-state index contributed by atoms with van der Waals surface area (Å²) < 4.78 is 49.2. The third-order valence-electron chi connectivity index (χ3n) is 6.70. The molecule has 0 aliphatic carbocycles. The van der Waals surface area contributed by atoms with Crippen LogP contribution in [0.4, 0.5) is 0 Å². The van der Waals surface area contributed by atoms with Crippen LogP contribution in [0.2, 0.25) is 0 Å². The molecule has 16 nitrogen and oxygen atoms in total. The van der Waals surface area contributed by atoms with Crippen molar-refractivity contribution in [2.24, 2.45) is 0 Å². The van der Waals surface area contributed by atoms with Crippen molar-refractivity contribution in [3.05, 3.63) is 52.9 Å². The largest absolute Gasteiger partial charge is 0.463 e. The second-order valence-electron chi connectivity index (χ2n) is 10.7. The second-order valence-corrected chi connectivity index (χ2v) is 10.7. The molecule has 0 bridgehead atoms. The zero-order valence-electron chi connectivity index (χ0n) is 27.2. The fourth-order valence-electron chi connectivity index (χ4n) is 4.98. The zero-order chi connectivity index (χ0) is 36.0. The van der Waals surface area contributed by atoms with Crippen molar-refractivity contribution in [3.63, 3.8) is 0 Å². The quantitative estimate of drug-likeness (QED) is 0.171. The van der Waals surface area contributed by atoms with E-state index in [1.165, 1.54) is 49.6 Å². The van der Waals surface area contributed by atoms with Gasteiger partial charge in [-0.1, -0.05) is 12.1 Å². The molecule has 1 fully saturated rings. The average Bonchev–Trinajstić information content (AvgIpc) is 2.98. The van der Waals surface area contributed by atoms with Gasteiger partial charge in [0.05, 0.1) is 5.56 Å². The number of rotatable bonds is 10. The molecule has 2 heterocycles. The molecule has 0 amide bonds. The van der Waals surface area contributed by atoms with E-state index < -0.39 is 78.6 Å². The Bertz CT molecular complexity index is 1820. The number of esters is 6. The minimum Gasteiger partial charge on any atom is -0.463 e. The molecule has 5 atom stereocenters. The Hall–Kier alpha value is -5.77. The van der Waals surface area contributed by atoms with Crippen LogP contribution in [0.5, 0.6) is 17.2 Å². The van der Waals surface area contributed by atoms with Gasteiger partial charge < -0.3 is 42.3 Å². The van der Waals surface area contributed by atoms with E-state index in [1.54, 1.807) is 0 Å². The molecule has 1 aliphatic heterocycles. The smallest absolute Gasteiger partial charge is 0.308 e. The summed E-state index contributed by atoms with van der Waals surface area (Å²) in [6, 6.07) is 8.42. The lowest BCUT2D eigenvalue weighted by atomic mass is 9.98. The number of ether oxygens (including phenoxy) is 8. The van der Waals surface area contributed by atoms with Crippen LogP contribution in [0.15, 0.2) is 51.9 Å². The topological polar surface area (TPSA) is 206 Å². The molecule has 1 aromatic heterocycles. The normalized spacial score (nSPS) is 20.0. The third-order valence-corrected chi connectivity index (χ3v) is 6.70. The van der Waals surface area contributed by atoms with E-state index in [0.717, 1.165) is 34.6 Å². The molecular formula is C33H32O16. The molecule has 1 saturated heterocycles. The van der Waals surface area contributed by atoms with Gasteiger partial charge in [0.15, 0.2) is 12.2 Å². The van der Waals surface area contributed by atoms with E-state index in [-0.39, 0.29) is 33.8 Å². The predicted molar refractivity (Wildman–Crippen MR) is 163 cm³/mol. The number of benzene rings is 2. The van der Waals surface area contributed by atoms with Gasteiger partial charge in [-0.05, 0) is 17.7 Å². The van der Waals surface area contributed by atoms with Crippen molar-refractivity contribution in [2.75, 3.05) is 6.61 Å². The molecule has 0 N–H and O–H groups in total.